The van der Waals surface area contributed by atoms with Gasteiger partial charge in [-0.05, 0) is 31.9 Å². The van der Waals surface area contributed by atoms with E-state index in [1.54, 1.807) is 6.92 Å². The van der Waals surface area contributed by atoms with Crippen LogP contribution < -0.4 is 0 Å². The van der Waals surface area contributed by atoms with E-state index in [1.165, 1.54) is 0 Å². The molecule has 14 heavy (non-hydrogen) atoms. The minimum Gasteiger partial charge on any atom is -0.343 e. The Morgan fingerprint density at radius 2 is 2.21 bits per heavy atom. The molecule has 1 aromatic heterocycles. The number of aromatic nitrogens is 1. The van der Waals surface area contributed by atoms with E-state index < -0.39 is 5.97 Å². The number of carbonyl (C=O) groups is 1. The molecule has 0 saturated heterocycles. The number of rotatable bonds is 2. The van der Waals surface area contributed by atoms with Gasteiger partial charge in [-0.15, -0.1) is 0 Å². The highest BCUT2D eigenvalue weighted by atomic mass is 35.5. The molecule has 0 amide bonds. The zero-order valence-electron chi connectivity index (χ0n) is 8.43. The smallest absolute Gasteiger partial charge is 0.343 e. The Bertz CT molecular complexity index is 363. The third-order valence-electron chi connectivity index (χ3n) is 2.07. The van der Waals surface area contributed by atoms with Gasteiger partial charge in [0.05, 0.1) is 11.3 Å². The molecule has 0 spiro atoms. The lowest BCUT2D eigenvalue weighted by Crippen LogP contribution is -2.08. The summed E-state index contributed by atoms with van der Waals surface area (Å²) >= 11 is 5.05. The molecule has 0 atom stereocenters. The van der Waals surface area contributed by atoms with Crippen molar-refractivity contribution in [3.63, 3.8) is 0 Å². The molecule has 0 aliphatic carbocycles. The second-order valence-corrected chi connectivity index (χ2v) is 3.26. The molecule has 0 N–H and O–H groups in total. The molecule has 4 heteroatoms. The summed E-state index contributed by atoms with van der Waals surface area (Å²) in [6.45, 7) is 5.64. The number of hydrogen-bond donors (Lipinski definition) is 0. The van der Waals surface area contributed by atoms with E-state index in [9.17, 15) is 4.79 Å². The van der Waals surface area contributed by atoms with Crippen LogP contribution in [0.2, 0.25) is 0 Å². The van der Waals surface area contributed by atoms with Crippen LogP contribution in [0.4, 0.5) is 0 Å². The maximum absolute atomic E-state index is 11.3. The lowest BCUT2D eigenvalue weighted by atomic mass is 10.0. The van der Waals surface area contributed by atoms with Crippen molar-refractivity contribution in [1.82, 2.24) is 4.98 Å². The average Bonchev–Trinajstić information content (AvgIpc) is 2.15. The first kappa shape index (κ1) is 11.0. The van der Waals surface area contributed by atoms with E-state index in [0.717, 1.165) is 17.7 Å². The zero-order valence-corrected chi connectivity index (χ0v) is 9.18. The number of pyridine rings is 1. The molecule has 0 saturated carbocycles. The van der Waals surface area contributed by atoms with E-state index in [2.05, 4.69) is 9.27 Å². The Morgan fingerprint density at radius 1 is 1.57 bits per heavy atom. The van der Waals surface area contributed by atoms with Crippen molar-refractivity contribution in [2.24, 2.45) is 0 Å². The van der Waals surface area contributed by atoms with Gasteiger partial charge in [0.2, 0.25) is 0 Å². The summed E-state index contributed by atoms with van der Waals surface area (Å²) in [4.78, 5) is 15.5. The number of nitrogens with zero attached hydrogens (tertiary/aromatic N) is 1. The van der Waals surface area contributed by atoms with Gasteiger partial charge in [0.15, 0.2) is 0 Å². The molecule has 0 fully saturated rings. The van der Waals surface area contributed by atoms with E-state index in [-0.39, 0.29) is 0 Å². The molecule has 0 aliphatic rings. The highest BCUT2D eigenvalue weighted by molar-refractivity contribution is 6.16. The van der Waals surface area contributed by atoms with E-state index in [0.29, 0.717) is 11.3 Å². The third-order valence-corrected chi connectivity index (χ3v) is 2.21. The quantitative estimate of drug-likeness (QED) is 0.758. The molecular weight excluding hydrogens is 202 g/mol. The first-order chi connectivity index (χ1) is 6.60. The van der Waals surface area contributed by atoms with Crippen molar-refractivity contribution in [2.45, 2.75) is 27.2 Å². The van der Waals surface area contributed by atoms with Crippen LogP contribution >= 0.6 is 11.9 Å². The van der Waals surface area contributed by atoms with Gasteiger partial charge in [0, 0.05) is 5.69 Å². The molecular formula is C10H12ClNO2. The highest BCUT2D eigenvalue weighted by Gasteiger charge is 2.16. The number of halogens is 1. The Hall–Kier alpha value is -1.09. The van der Waals surface area contributed by atoms with Crippen molar-refractivity contribution in [3.05, 3.63) is 28.6 Å². The molecule has 76 valence electrons. The van der Waals surface area contributed by atoms with Crippen LogP contribution in [0.25, 0.3) is 0 Å². The lowest BCUT2D eigenvalue weighted by Gasteiger charge is -2.08. The summed E-state index contributed by atoms with van der Waals surface area (Å²) in [5.41, 5.74) is 2.95. The largest absolute Gasteiger partial charge is 0.358 e. The number of aryl methyl sites for hydroxylation is 3. The molecule has 0 bridgehead atoms. The monoisotopic (exact) mass is 213 g/mol. The van der Waals surface area contributed by atoms with Crippen molar-refractivity contribution >= 4 is 17.8 Å². The maximum Gasteiger partial charge on any atom is 0.358 e. The summed E-state index contributed by atoms with van der Waals surface area (Å²) in [6.07, 6.45) is 0.755. The summed E-state index contributed by atoms with van der Waals surface area (Å²) < 4.78 is 4.19. The van der Waals surface area contributed by atoms with Gasteiger partial charge >= 0.3 is 5.97 Å². The molecule has 3 nitrogen and oxygen atoms in total. The van der Waals surface area contributed by atoms with Crippen LogP contribution in [0, 0.1) is 13.8 Å². The lowest BCUT2D eigenvalue weighted by molar-refractivity contribution is 0.0749. The number of carbonyl (C=O) groups excluding carboxylic acids is 1. The van der Waals surface area contributed by atoms with E-state index >= 15 is 0 Å². The van der Waals surface area contributed by atoms with Crippen molar-refractivity contribution in [3.8, 4) is 0 Å². The molecule has 0 radical (unpaired) electrons. The van der Waals surface area contributed by atoms with Crippen LogP contribution in [0.5, 0.6) is 0 Å². The standard InChI is InChI=1S/C10H12ClNO2/c1-4-8-5-6(2)12-7(3)9(8)10(13)14-11/h5H,4H2,1-3H3. The third kappa shape index (κ3) is 2.04. The fraction of sp³-hybridized carbons (Fsp3) is 0.400. The van der Waals surface area contributed by atoms with Gasteiger partial charge in [-0.2, -0.15) is 0 Å². The topological polar surface area (TPSA) is 39.2 Å². The predicted molar refractivity (Wildman–Crippen MR) is 54.4 cm³/mol. The summed E-state index contributed by atoms with van der Waals surface area (Å²) in [6, 6.07) is 1.87. The Labute approximate surface area is 88.2 Å². The average molecular weight is 214 g/mol. The van der Waals surface area contributed by atoms with Gasteiger partial charge in [-0.25, -0.2) is 4.79 Å². The molecule has 0 aliphatic heterocycles. The first-order valence-electron chi connectivity index (χ1n) is 4.40. The van der Waals surface area contributed by atoms with Gasteiger partial charge in [0.1, 0.15) is 11.9 Å². The minimum atomic E-state index is -0.534. The second kappa shape index (κ2) is 4.42. The summed E-state index contributed by atoms with van der Waals surface area (Å²) in [7, 11) is 0. The van der Waals surface area contributed by atoms with E-state index in [1.807, 2.05) is 19.9 Å². The molecule has 1 heterocycles. The fourth-order valence-electron chi connectivity index (χ4n) is 1.51. The van der Waals surface area contributed by atoms with E-state index in [4.69, 9.17) is 11.9 Å². The maximum atomic E-state index is 11.3. The normalized spacial score (nSPS) is 10.0. The fourth-order valence-corrected chi connectivity index (χ4v) is 1.58. The predicted octanol–water partition coefficient (Wildman–Crippen LogP) is 2.57. The Morgan fingerprint density at radius 3 is 2.71 bits per heavy atom. The van der Waals surface area contributed by atoms with Crippen LogP contribution in [-0.4, -0.2) is 11.0 Å². The van der Waals surface area contributed by atoms with Crippen molar-refractivity contribution in [2.75, 3.05) is 0 Å². The van der Waals surface area contributed by atoms with Gasteiger partial charge in [0.25, 0.3) is 0 Å². The molecule has 0 aromatic carbocycles. The first-order valence-corrected chi connectivity index (χ1v) is 4.71. The van der Waals surface area contributed by atoms with Gasteiger partial charge in [-0.1, -0.05) is 6.92 Å². The SMILES string of the molecule is CCc1cc(C)nc(C)c1C(=O)OCl. The molecule has 1 rings (SSSR count). The van der Waals surface area contributed by atoms with Crippen molar-refractivity contribution in [1.29, 1.82) is 0 Å². The highest BCUT2D eigenvalue weighted by Crippen LogP contribution is 2.16. The Kier molecular flexibility index (Phi) is 3.47. The summed E-state index contributed by atoms with van der Waals surface area (Å²) in [5, 5.41) is 0. The van der Waals surface area contributed by atoms with Crippen LogP contribution in [0.1, 0.15) is 34.2 Å². The minimum absolute atomic E-state index is 0.480. The molecule has 0 unspecified atom stereocenters. The van der Waals surface area contributed by atoms with Gasteiger partial charge < -0.3 is 4.29 Å². The molecule has 1 aromatic rings. The Balaban J connectivity index is 3.32. The van der Waals surface area contributed by atoms with Gasteiger partial charge in [-0.3, -0.25) is 4.98 Å². The second-order valence-electron chi connectivity index (χ2n) is 3.10. The summed E-state index contributed by atoms with van der Waals surface area (Å²) in [5.74, 6) is -0.534. The van der Waals surface area contributed by atoms with Crippen molar-refractivity contribution < 1.29 is 9.08 Å². The van der Waals surface area contributed by atoms with Crippen LogP contribution in [0.3, 0.4) is 0 Å². The van der Waals surface area contributed by atoms with Crippen LogP contribution in [-0.2, 0) is 10.7 Å². The zero-order chi connectivity index (χ0) is 10.7. The van der Waals surface area contributed by atoms with Crippen LogP contribution in [0.15, 0.2) is 6.07 Å². The number of hydrogen-bond acceptors (Lipinski definition) is 3.